The van der Waals surface area contributed by atoms with Gasteiger partial charge in [0.15, 0.2) is 0 Å². The molecule has 0 radical (unpaired) electrons. The van der Waals surface area contributed by atoms with Crippen LogP contribution in [0.4, 0.5) is 5.69 Å². The Morgan fingerprint density at radius 2 is 2.09 bits per heavy atom. The Bertz CT molecular complexity index is 561. The molecular weight excluding hydrogens is 341 g/mol. The Kier molecular flexibility index (Phi) is 7.75. The normalized spacial score (nSPS) is 15.1. The third-order valence-electron chi connectivity index (χ3n) is 4.09. The minimum atomic E-state index is -0.538. The van der Waals surface area contributed by atoms with Gasteiger partial charge in [-0.25, -0.2) is 0 Å². The molecule has 0 saturated carbocycles. The smallest absolute Gasteiger partial charge is 0.282 e. The van der Waals surface area contributed by atoms with Gasteiger partial charge in [0, 0.05) is 24.2 Å². The quantitative estimate of drug-likeness (QED) is 0.645. The molecule has 0 bridgehead atoms. The average Bonchev–Trinajstić information content (AvgIpc) is 2.52. The molecule has 2 rings (SSSR count). The first kappa shape index (κ1) is 19.7. The van der Waals surface area contributed by atoms with Crippen molar-refractivity contribution in [3.63, 3.8) is 0 Å². The van der Waals surface area contributed by atoms with E-state index in [0.29, 0.717) is 24.0 Å². The Morgan fingerprint density at radius 1 is 1.43 bits per heavy atom. The first-order valence-corrected chi connectivity index (χ1v) is 7.78. The highest BCUT2D eigenvalue weighted by molar-refractivity contribution is 6.31. The molecule has 1 aromatic carbocycles. The van der Waals surface area contributed by atoms with Gasteiger partial charge in [0.1, 0.15) is 5.56 Å². The SMILES string of the molecule is CNCCC1CCN(C(=O)c2cc(Cl)ccc2[N+](=O)[O-])CC1.Cl. The van der Waals surface area contributed by atoms with Crippen LogP contribution in [0, 0.1) is 16.0 Å². The number of hydrogen-bond donors (Lipinski definition) is 1. The summed E-state index contributed by atoms with van der Waals surface area (Å²) in [6, 6.07) is 4.10. The van der Waals surface area contributed by atoms with Gasteiger partial charge in [0.25, 0.3) is 11.6 Å². The lowest BCUT2D eigenvalue weighted by Gasteiger charge is -2.32. The lowest BCUT2D eigenvalue weighted by atomic mass is 9.93. The van der Waals surface area contributed by atoms with E-state index < -0.39 is 4.92 Å². The van der Waals surface area contributed by atoms with E-state index in [0.717, 1.165) is 25.8 Å². The second kappa shape index (κ2) is 9.05. The third kappa shape index (κ3) is 5.06. The first-order chi connectivity index (χ1) is 10.5. The van der Waals surface area contributed by atoms with Gasteiger partial charge in [-0.15, -0.1) is 12.4 Å². The topological polar surface area (TPSA) is 75.5 Å². The van der Waals surface area contributed by atoms with E-state index in [-0.39, 0.29) is 29.6 Å². The van der Waals surface area contributed by atoms with E-state index in [1.807, 2.05) is 7.05 Å². The zero-order valence-corrected chi connectivity index (χ0v) is 14.5. The summed E-state index contributed by atoms with van der Waals surface area (Å²) < 4.78 is 0. The highest BCUT2D eigenvalue weighted by atomic mass is 35.5. The van der Waals surface area contributed by atoms with E-state index in [1.54, 1.807) is 4.90 Å². The predicted octanol–water partition coefficient (Wildman–Crippen LogP) is 3.13. The molecule has 0 aliphatic carbocycles. The monoisotopic (exact) mass is 361 g/mol. The second-order valence-electron chi connectivity index (χ2n) is 5.55. The fraction of sp³-hybridized carbons (Fsp3) is 0.533. The fourth-order valence-electron chi connectivity index (χ4n) is 2.78. The number of nitrogens with one attached hydrogen (secondary N) is 1. The number of halogens is 2. The maximum Gasteiger partial charge on any atom is 0.282 e. The summed E-state index contributed by atoms with van der Waals surface area (Å²) in [5, 5.41) is 14.5. The van der Waals surface area contributed by atoms with Crippen LogP contribution in [-0.4, -0.2) is 42.4 Å². The Labute approximate surface area is 146 Å². The van der Waals surface area contributed by atoms with E-state index in [9.17, 15) is 14.9 Å². The molecule has 1 aromatic rings. The summed E-state index contributed by atoms with van der Waals surface area (Å²) in [5.74, 6) is 0.298. The van der Waals surface area contributed by atoms with Crippen molar-refractivity contribution in [1.82, 2.24) is 10.2 Å². The van der Waals surface area contributed by atoms with Gasteiger partial charge in [-0.2, -0.15) is 0 Å². The van der Waals surface area contributed by atoms with Crippen molar-refractivity contribution in [2.45, 2.75) is 19.3 Å². The number of nitrogens with zero attached hydrogens (tertiary/aromatic N) is 2. The van der Waals surface area contributed by atoms with Crippen LogP contribution < -0.4 is 5.32 Å². The molecule has 6 nitrogen and oxygen atoms in total. The summed E-state index contributed by atoms with van der Waals surface area (Å²) >= 11 is 5.88. The van der Waals surface area contributed by atoms with Gasteiger partial charge >= 0.3 is 0 Å². The van der Waals surface area contributed by atoms with Crippen LogP contribution in [0.5, 0.6) is 0 Å². The van der Waals surface area contributed by atoms with Crippen molar-refractivity contribution in [2.75, 3.05) is 26.7 Å². The molecule has 1 aliphatic rings. The average molecular weight is 362 g/mol. The maximum atomic E-state index is 12.5. The molecule has 0 unspecified atom stereocenters. The zero-order chi connectivity index (χ0) is 16.1. The molecule has 0 aromatic heterocycles. The van der Waals surface area contributed by atoms with Crippen LogP contribution in [0.15, 0.2) is 18.2 Å². The van der Waals surface area contributed by atoms with Gasteiger partial charge in [0.05, 0.1) is 4.92 Å². The van der Waals surface area contributed by atoms with Gasteiger partial charge in [-0.1, -0.05) is 11.6 Å². The van der Waals surface area contributed by atoms with Gasteiger partial charge < -0.3 is 10.2 Å². The number of rotatable bonds is 5. The number of likely N-dealkylation sites (tertiary alicyclic amines) is 1. The van der Waals surface area contributed by atoms with Crippen molar-refractivity contribution in [3.05, 3.63) is 38.9 Å². The van der Waals surface area contributed by atoms with Crippen molar-refractivity contribution < 1.29 is 9.72 Å². The minimum Gasteiger partial charge on any atom is -0.338 e. The van der Waals surface area contributed by atoms with Crippen molar-refractivity contribution in [2.24, 2.45) is 5.92 Å². The lowest BCUT2D eigenvalue weighted by molar-refractivity contribution is -0.385. The number of hydrogen-bond acceptors (Lipinski definition) is 4. The zero-order valence-electron chi connectivity index (χ0n) is 13.0. The lowest BCUT2D eigenvalue weighted by Crippen LogP contribution is -2.39. The van der Waals surface area contributed by atoms with Crippen LogP contribution >= 0.6 is 24.0 Å². The number of carbonyl (C=O) groups excluding carboxylic acids is 1. The maximum absolute atomic E-state index is 12.5. The summed E-state index contributed by atoms with van der Waals surface area (Å²) in [6.45, 7) is 2.24. The molecule has 1 amide bonds. The molecule has 1 fully saturated rings. The predicted molar refractivity (Wildman–Crippen MR) is 92.5 cm³/mol. The van der Waals surface area contributed by atoms with E-state index in [2.05, 4.69) is 5.32 Å². The highest BCUT2D eigenvalue weighted by Crippen LogP contribution is 2.27. The first-order valence-electron chi connectivity index (χ1n) is 7.40. The van der Waals surface area contributed by atoms with Crippen LogP contribution in [0.3, 0.4) is 0 Å². The molecule has 1 N–H and O–H groups in total. The summed E-state index contributed by atoms with van der Waals surface area (Å²) in [5.41, 5.74) is -0.113. The second-order valence-corrected chi connectivity index (χ2v) is 5.98. The number of amides is 1. The van der Waals surface area contributed by atoms with Crippen LogP contribution in [0.25, 0.3) is 0 Å². The largest absolute Gasteiger partial charge is 0.338 e. The molecule has 1 heterocycles. The molecule has 0 atom stereocenters. The van der Waals surface area contributed by atoms with Gasteiger partial charge in [-0.05, 0) is 50.9 Å². The Balaban J connectivity index is 0.00000264. The van der Waals surface area contributed by atoms with E-state index >= 15 is 0 Å². The number of nitro groups is 1. The summed E-state index contributed by atoms with van der Waals surface area (Å²) in [4.78, 5) is 24.8. The molecule has 128 valence electrons. The van der Waals surface area contributed by atoms with Crippen LogP contribution in [-0.2, 0) is 0 Å². The third-order valence-corrected chi connectivity index (χ3v) is 4.33. The molecule has 1 saturated heterocycles. The number of piperidine rings is 1. The minimum absolute atomic E-state index is 0. The van der Waals surface area contributed by atoms with Gasteiger partial charge in [-0.3, -0.25) is 14.9 Å². The molecule has 23 heavy (non-hydrogen) atoms. The summed E-state index contributed by atoms with van der Waals surface area (Å²) in [7, 11) is 1.93. The molecular formula is C15H21Cl2N3O3. The van der Waals surface area contributed by atoms with Crippen LogP contribution in [0.1, 0.15) is 29.6 Å². The number of benzene rings is 1. The number of carbonyl (C=O) groups is 1. The summed E-state index contributed by atoms with van der Waals surface area (Å²) in [6.07, 6.45) is 2.96. The number of nitro benzene ring substituents is 1. The van der Waals surface area contributed by atoms with Crippen molar-refractivity contribution >= 4 is 35.6 Å². The van der Waals surface area contributed by atoms with Crippen LogP contribution in [0.2, 0.25) is 5.02 Å². The van der Waals surface area contributed by atoms with Gasteiger partial charge in [0.2, 0.25) is 0 Å². The highest BCUT2D eigenvalue weighted by Gasteiger charge is 2.28. The van der Waals surface area contributed by atoms with E-state index in [1.165, 1.54) is 18.2 Å². The van der Waals surface area contributed by atoms with Crippen molar-refractivity contribution in [3.8, 4) is 0 Å². The Morgan fingerprint density at radius 3 is 2.65 bits per heavy atom. The van der Waals surface area contributed by atoms with Crippen molar-refractivity contribution in [1.29, 1.82) is 0 Å². The molecule has 0 spiro atoms. The standard InChI is InChI=1S/C15H20ClN3O3.ClH/c1-17-7-4-11-5-8-18(9-6-11)15(20)13-10-12(16)2-3-14(13)19(21)22;/h2-3,10-11,17H,4-9H2,1H3;1H. The fourth-order valence-corrected chi connectivity index (χ4v) is 2.95. The Hall–Kier alpha value is -1.37. The molecule has 8 heteroatoms. The van der Waals surface area contributed by atoms with E-state index in [4.69, 9.17) is 11.6 Å². The molecule has 1 aliphatic heterocycles.